The molecule has 0 aliphatic heterocycles. The molecule has 1 heterocycles. The maximum Gasteiger partial charge on any atom is 0.485 e. The Bertz CT molecular complexity index is 1160. The topological polar surface area (TPSA) is 61.1 Å². The zero-order valence-corrected chi connectivity index (χ0v) is 18.5. The van der Waals surface area contributed by atoms with E-state index in [4.69, 9.17) is 24.6 Å². The molecule has 0 N–H and O–H groups in total. The van der Waals surface area contributed by atoms with Crippen molar-refractivity contribution in [3.63, 3.8) is 0 Å². The molecule has 4 nitrogen and oxygen atoms in total. The van der Waals surface area contributed by atoms with E-state index in [1.54, 1.807) is 0 Å². The van der Waals surface area contributed by atoms with Crippen molar-refractivity contribution in [1.82, 2.24) is 0 Å². The van der Waals surface area contributed by atoms with Gasteiger partial charge in [0.1, 0.15) is 11.2 Å². The monoisotopic (exact) mass is 465 g/mol. The van der Waals surface area contributed by atoms with Crippen LogP contribution in [0, 0.1) is 20.8 Å². The maximum atomic E-state index is 10.7. The molecule has 29 heavy (non-hydrogen) atoms. The van der Waals surface area contributed by atoms with Gasteiger partial charge in [-0.2, -0.15) is 17.7 Å². The van der Waals surface area contributed by atoms with E-state index in [1.807, 2.05) is 17.4 Å². The highest BCUT2D eigenvalue weighted by Gasteiger charge is 2.36. The smallest absolute Gasteiger partial charge is 0.485 e. The first-order valence-corrected chi connectivity index (χ1v) is 11.1. The van der Waals surface area contributed by atoms with Gasteiger partial charge < -0.3 is 4.55 Å². The number of benzene rings is 2. The minimum Gasteiger partial charge on any atom is -0.741 e. The van der Waals surface area contributed by atoms with Crippen LogP contribution in [0.2, 0.25) is 5.02 Å². The summed E-state index contributed by atoms with van der Waals surface area (Å²) in [7, 11) is -6.09. The van der Waals surface area contributed by atoms with Gasteiger partial charge in [-0.25, -0.2) is 8.42 Å². The molecule has 10 heteroatoms. The normalized spacial score (nSPS) is 12.0. The van der Waals surface area contributed by atoms with E-state index in [2.05, 4.69) is 56.5 Å². The Balaban J connectivity index is 0.000000321. The first-order valence-electron chi connectivity index (χ1n) is 8.49. The molecule has 0 saturated carbocycles. The van der Waals surface area contributed by atoms with Gasteiger partial charge in [-0.1, -0.05) is 40.6 Å². The van der Waals surface area contributed by atoms with Crippen LogP contribution in [0.1, 0.15) is 23.1 Å². The number of nitrogens with zero attached hydrogens (tertiary/aromatic N) is 1. The fraction of sp³-hybridized carbons (Fsp3) is 0.316. The van der Waals surface area contributed by atoms with Crippen molar-refractivity contribution >= 4 is 43.3 Å². The van der Waals surface area contributed by atoms with Crippen molar-refractivity contribution < 1.29 is 30.7 Å². The van der Waals surface area contributed by atoms with Crippen LogP contribution in [0.3, 0.4) is 0 Å². The summed E-state index contributed by atoms with van der Waals surface area (Å²) >= 11 is 8.35. The van der Waals surface area contributed by atoms with Crippen LogP contribution in [0.4, 0.5) is 13.2 Å². The number of aryl methyl sites for hydroxylation is 4. The Morgan fingerprint density at radius 2 is 1.72 bits per heavy atom. The Labute approximate surface area is 176 Å². The highest BCUT2D eigenvalue weighted by atomic mass is 35.5. The Kier molecular flexibility index (Phi) is 6.99. The van der Waals surface area contributed by atoms with Gasteiger partial charge in [0.2, 0.25) is 10.5 Å². The van der Waals surface area contributed by atoms with E-state index < -0.39 is 15.6 Å². The molecule has 2 aromatic carbocycles. The molecule has 158 valence electrons. The number of hydrogen-bond donors (Lipinski definition) is 0. The molecule has 0 spiro atoms. The Morgan fingerprint density at radius 1 is 1.14 bits per heavy atom. The molecule has 0 saturated heterocycles. The van der Waals surface area contributed by atoms with E-state index in [0.717, 1.165) is 17.1 Å². The molecular formula is C19H19ClF3NO3S2. The molecule has 0 amide bonds. The molecule has 0 unspecified atom stereocenters. The Hall–Kier alpha value is -1.68. The zero-order valence-electron chi connectivity index (χ0n) is 16.1. The average Bonchev–Trinajstić information content (AvgIpc) is 2.91. The van der Waals surface area contributed by atoms with Crippen LogP contribution < -0.4 is 4.57 Å². The van der Waals surface area contributed by atoms with Crippen molar-refractivity contribution in [3.8, 4) is 11.1 Å². The molecule has 0 atom stereocenters. The fourth-order valence-corrected chi connectivity index (χ4v) is 4.25. The second-order valence-electron chi connectivity index (χ2n) is 6.35. The average molecular weight is 466 g/mol. The molecule has 0 bridgehead atoms. The molecule has 3 rings (SSSR count). The molecule has 0 radical (unpaired) electrons. The van der Waals surface area contributed by atoms with Crippen LogP contribution in [0.15, 0.2) is 30.3 Å². The van der Waals surface area contributed by atoms with Gasteiger partial charge in [0.05, 0.1) is 5.56 Å². The molecule has 0 aliphatic rings. The number of thiazole rings is 1. The second-order valence-corrected chi connectivity index (χ2v) is 9.37. The number of alkyl halides is 3. The van der Waals surface area contributed by atoms with E-state index >= 15 is 0 Å². The second kappa shape index (κ2) is 8.59. The highest BCUT2D eigenvalue weighted by molar-refractivity contribution is 7.86. The van der Waals surface area contributed by atoms with Crippen molar-refractivity contribution in [3.05, 3.63) is 51.5 Å². The van der Waals surface area contributed by atoms with Crippen molar-refractivity contribution in [2.75, 3.05) is 0 Å². The van der Waals surface area contributed by atoms with Crippen LogP contribution in [-0.2, 0) is 16.7 Å². The van der Waals surface area contributed by atoms with Gasteiger partial charge in [0.25, 0.3) is 0 Å². The first kappa shape index (κ1) is 23.6. The predicted octanol–water partition coefficient (Wildman–Crippen LogP) is 5.51. The van der Waals surface area contributed by atoms with Crippen molar-refractivity contribution in [1.29, 1.82) is 0 Å². The van der Waals surface area contributed by atoms with Gasteiger partial charge in [0.15, 0.2) is 10.1 Å². The summed E-state index contributed by atoms with van der Waals surface area (Å²) in [6.07, 6.45) is 0. The molecule has 0 aliphatic carbocycles. The summed E-state index contributed by atoms with van der Waals surface area (Å²) in [5.41, 5.74) is 0.586. The van der Waals surface area contributed by atoms with E-state index in [1.165, 1.54) is 31.9 Å². The SMILES string of the molecule is CC[n+]1c(C)sc2ccc(C)c(-c3cc(C)ccc3Cl)c21.O=S(=O)([O-])C(F)(F)F. The summed E-state index contributed by atoms with van der Waals surface area (Å²) in [6.45, 7) is 9.64. The van der Waals surface area contributed by atoms with Gasteiger partial charge in [0, 0.05) is 17.5 Å². The quantitative estimate of drug-likeness (QED) is 0.285. The lowest BCUT2D eigenvalue weighted by atomic mass is 9.97. The van der Waals surface area contributed by atoms with Crippen LogP contribution in [0.5, 0.6) is 0 Å². The summed E-state index contributed by atoms with van der Waals surface area (Å²) in [6, 6.07) is 10.7. The molecular weight excluding hydrogens is 447 g/mol. The standard InChI is InChI=1S/C18H19ClNS.CHF3O3S/c1-5-20-13(4)21-16-9-7-12(3)17(18(16)20)14-10-11(2)6-8-15(14)19;2-1(3,4)8(5,6)7/h6-10H,5H2,1-4H3;(H,5,6,7)/q+1;/p-1. The van der Waals surface area contributed by atoms with Gasteiger partial charge >= 0.3 is 5.51 Å². The third-order valence-corrected chi connectivity index (χ3v) is 6.21. The summed E-state index contributed by atoms with van der Waals surface area (Å²) < 4.78 is 62.6. The summed E-state index contributed by atoms with van der Waals surface area (Å²) in [5, 5.41) is 2.16. The molecule has 3 aromatic rings. The predicted molar refractivity (Wildman–Crippen MR) is 108 cm³/mol. The van der Waals surface area contributed by atoms with Gasteiger partial charge in [-0.15, -0.1) is 0 Å². The van der Waals surface area contributed by atoms with E-state index in [9.17, 15) is 13.2 Å². The van der Waals surface area contributed by atoms with E-state index in [0.29, 0.717) is 0 Å². The fourth-order valence-electron chi connectivity index (χ4n) is 2.95. The summed E-state index contributed by atoms with van der Waals surface area (Å²) in [4.78, 5) is 0. The number of fused-ring (bicyclic) bond motifs is 1. The van der Waals surface area contributed by atoms with Gasteiger partial charge in [-0.3, -0.25) is 0 Å². The van der Waals surface area contributed by atoms with Crippen molar-refractivity contribution in [2.24, 2.45) is 0 Å². The lowest BCUT2D eigenvalue weighted by Gasteiger charge is -2.09. The highest BCUT2D eigenvalue weighted by Crippen LogP contribution is 2.37. The number of hydrogen-bond acceptors (Lipinski definition) is 4. The molecule has 1 aromatic heterocycles. The van der Waals surface area contributed by atoms with Crippen molar-refractivity contribution in [2.45, 2.75) is 39.7 Å². The largest absolute Gasteiger partial charge is 0.741 e. The number of halogens is 4. The van der Waals surface area contributed by atoms with E-state index in [-0.39, 0.29) is 0 Å². The third kappa shape index (κ3) is 5.09. The third-order valence-electron chi connectivity index (χ3n) is 4.25. The minimum atomic E-state index is -6.09. The Morgan fingerprint density at radius 3 is 2.24 bits per heavy atom. The maximum absolute atomic E-state index is 10.7. The van der Waals surface area contributed by atoms with Crippen LogP contribution >= 0.6 is 22.9 Å². The first-order chi connectivity index (χ1) is 13.3. The lowest BCUT2D eigenvalue weighted by molar-refractivity contribution is -0.669. The lowest BCUT2D eigenvalue weighted by Crippen LogP contribution is -2.33. The van der Waals surface area contributed by atoms with Crippen LogP contribution in [0.25, 0.3) is 21.3 Å². The number of rotatable bonds is 2. The number of aromatic nitrogens is 1. The van der Waals surface area contributed by atoms with Gasteiger partial charge in [-0.05, 0) is 44.5 Å². The zero-order chi connectivity index (χ0) is 22.1. The van der Waals surface area contributed by atoms with Crippen LogP contribution in [-0.4, -0.2) is 18.5 Å². The summed E-state index contributed by atoms with van der Waals surface area (Å²) in [5.74, 6) is 0. The molecule has 0 fully saturated rings. The minimum absolute atomic E-state index is 0.822.